The molecule has 0 unspecified atom stereocenters. The molecule has 3 nitrogen and oxygen atoms in total. The average Bonchev–Trinajstić information content (AvgIpc) is 2.84. The van der Waals surface area contributed by atoms with Crippen LogP contribution < -0.4 is 0 Å². The number of nitriles is 1. The second-order valence-corrected chi connectivity index (χ2v) is 4.95. The molecule has 74 valence electrons. The highest BCUT2D eigenvalue weighted by Crippen LogP contribution is 2.49. The number of halogens is 1. The van der Waals surface area contributed by atoms with Crippen molar-refractivity contribution in [3.05, 3.63) is 16.4 Å². The Balaban J connectivity index is 2.41. The second-order valence-electron chi connectivity index (χ2n) is 4.09. The molecular formula is C10H12BrN3. The topological polar surface area (TPSA) is 41.6 Å². The molecule has 1 aliphatic rings. The van der Waals surface area contributed by atoms with Crippen LogP contribution in [0.4, 0.5) is 0 Å². The van der Waals surface area contributed by atoms with Crippen molar-refractivity contribution in [3.8, 4) is 6.07 Å². The Morgan fingerprint density at radius 1 is 1.64 bits per heavy atom. The van der Waals surface area contributed by atoms with Gasteiger partial charge in [0.05, 0.1) is 16.2 Å². The molecule has 14 heavy (non-hydrogen) atoms. The van der Waals surface area contributed by atoms with E-state index in [0.717, 1.165) is 23.0 Å². The highest BCUT2D eigenvalue weighted by atomic mass is 79.9. The molecule has 0 saturated heterocycles. The van der Waals surface area contributed by atoms with E-state index >= 15 is 0 Å². The van der Waals surface area contributed by atoms with Crippen molar-refractivity contribution in [3.63, 3.8) is 0 Å². The maximum Gasteiger partial charge on any atom is 0.102 e. The molecule has 1 aliphatic carbocycles. The van der Waals surface area contributed by atoms with Crippen LogP contribution >= 0.6 is 15.9 Å². The van der Waals surface area contributed by atoms with Crippen molar-refractivity contribution in [2.45, 2.75) is 38.1 Å². The van der Waals surface area contributed by atoms with Crippen LogP contribution in [0.2, 0.25) is 0 Å². The zero-order valence-electron chi connectivity index (χ0n) is 8.29. The Morgan fingerprint density at radius 2 is 2.29 bits per heavy atom. The minimum Gasteiger partial charge on any atom is -0.269 e. The lowest BCUT2D eigenvalue weighted by Crippen LogP contribution is -2.07. The third-order valence-corrected chi connectivity index (χ3v) is 3.21. The summed E-state index contributed by atoms with van der Waals surface area (Å²) in [6.45, 7) is 4.16. The van der Waals surface area contributed by atoms with Gasteiger partial charge in [-0.3, -0.25) is 4.68 Å². The smallest absolute Gasteiger partial charge is 0.102 e. The summed E-state index contributed by atoms with van der Waals surface area (Å²) in [4.78, 5) is 0. The molecular weight excluding hydrogens is 242 g/mol. The van der Waals surface area contributed by atoms with Crippen molar-refractivity contribution in [1.29, 1.82) is 5.26 Å². The molecule has 1 heterocycles. The van der Waals surface area contributed by atoms with Gasteiger partial charge < -0.3 is 0 Å². The minimum atomic E-state index is -0.293. The van der Waals surface area contributed by atoms with Crippen LogP contribution in [0.25, 0.3) is 0 Å². The molecule has 0 aromatic carbocycles. The Labute approximate surface area is 91.8 Å². The summed E-state index contributed by atoms with van der Waals surface area (Å²) in [6.07, 6.45) is 3.84. The van der Waals surface area contributed by atoms with E-state index in [9.17, 15) is 0 Å². The van der Waals surface area contributed by atoms with Crippen molar-refractivity contribution < 1.29 is 0 Å². The molecule has 0 radical (unpaired) electrons. The maximum atomic E-state index is 9.06. The lowest BCUT2D eigenvalue weighted by molar-refractivity contribution is 0.523. The lowest BCUT2D eigenvalue weighted by atomic mass is 10.1. The normalized spacial score (nSPS) is 18.2. The first-order valence-electron chi connectivity index (χ1n) is 4.75. The van der Waals surface area contributed by atoms with Crippen LogP contribution in [-0.2, 0) is 5.41 Å². The lowest BCUT2D eigenvalue weighted by Gasteiger charge is -2.04. The number of aromatic nitrogens is 2. The van der Waals surface area contributed by atoms with Crippen LogP contribution in [0.1, 0.15) is 38.4 Å². The van der Waals surface area contributed by atoms with Gasteiger partial charge in [-0.2, -0.15) is 10.4 Å². The second kappa shape index (κ2) is 3.09. The van der Waals surface area contributed by atoms with Crippen molar-refractivity contribution in [1.82, 2.24) is 9.78 Å². The number of hydrogen-bond acceptors (Lipinski definition) is 2. The molecule has 1 saturated carbocycles. The van der Waals surface area contributed by atoms with Gasteiger partial charge in [0.15, 0.2) is 0 Å². The molecule has 0 amide bonds. The SMILES string of the molecule is CC(C)n1cc(Br)c(C2(C#N)CC2)n1. The third-order valence-electron chi connectivity index (χ3n) is 2.63. The van der Waals surface area contributed by atoms with Gasteiger partial charge in [0.25, 0.3) is 0 Å². The summed E-state index contributed by atoms with van der Waals surface area (Å²) in [6, 6.07) is 2.70. The van der Waals surface area contributed by atoms with Gasteiger partial charge in [-0.25, -0.2) is 0 Å². The monoisotopic (exact) mass is 253 g/mol. The van der Waals surface area contributed by atoms with Gasteiger partial charge >= 0.3 is 0 Å². The molecule has 0 atom stereocenters. The largest absolute Gasteiger partial charge is 0.269 e. The summed E-state index contributed by atoms with van der Waals surface area (Å²) in [5.41, 5.74) is 0.618. The molecule has 4 heteroatoms. The average molecular weight is 254 g/mol. The molecule has 1 aromatic heterocycles. The highest BCUT2D eigenvalue weighted by molar-refractivity contribution is 9.10. The van der Waals surface area contributed by atoms with E-state index in [-0.39, 0.29) is 5.41 Å². The minimum absolute atomic E-state index is 0.293. The van der Waals surface area contributed by atoms with Crippen LogP contribution in [0.3, 0.4) is 0 Å². The first-order valence-corrected chi connectivity index (χ1v) is 5.55. The van der Waals surface area contributed by atoms with Gasteiger partial charge in [0, 0.05) is 12.2 Å². The summed E-state index contributed by atoms with van der Waals surface area (Å²) < 4.78 is 2.86. The number of rotatable bonds is 2. The summed E-state index contributed by atoms with van der Waals surface area (Å²) in [5.74, 6) is 0. The fourth-order valence-electron chi connectivity index (χ4n) is 1.48. The van der Waals surface area contributed by atoms with Crippen LogP contribution in [-0.4, -0.2) is 9.78 Å². The van der Waals surface area contributed by atoms with E-state index in [1.54, 1.807) is 0 Å². The van der Waals surface area contributed by atoms with Crippen LogP contribution in [0, 0.1) is 11.3 Å². The molecule has 0 bridgehead atoms. The van der Waals surface area contributed by atoms with Crippen molar-refractivity contribution in [2.24, 2.45) is 0 Å². The van der Waals surface area contributed by atoms with Gasteiger partial charge in [-0.15, -0.1) is 0 Å². The Kier molecular flexibility index (Phi) is 2.15. The maximum absolute atomic E-state index is 9.06. The Morgan fingerprint density at radius 3 is 2.64 bits per heavy atom. The standard InChI is InChI=1S/C10H12BrN3/c1-7(2)14-5-8(11)9(13-14)10(6-12)3-4-10/h5,7H,3-4H2,1-2H3. The fraction of sp³-hybridized carbons (Fsp3) is 0.600. The molecule has 0 spiro atoms. The molecule has 1 aromatic rings. The predicted molar refractivity (Wildman–Crippen MR) is 56.8 cm³/mol. The summed E-state index contributed by atoms with van der Waals surface area (Å²) in [7, 11) is 0. The first kappa shape index (κ1) is 9.72. The van der Waals surface area contributed by atoms with E-state index in [2.05, 4.69) is 40.9 Å². The van der Waals surface area contributed by atoms with Gasteiger partial charge in [-0.05, 0) is 42.6 Å². The molecule has 0 N–H and O–H groups in total. The molecule has 2 rings (SSSR count). The first-order chi connectivity index (χ1) is 6.59. The highest BCUT2D eigenvalue weighted by Gasteiger charge is 2.48. The molecule has 0 aliphatic heterocycles. The van der Waals surface area contributed by atoms with E-state index in [1.165, 1.54) is 0 Å². The third kappa shape index (κ3) is 1.36. The van der Waals surface area contributed by atoms with E-state index < -0.39 is 0 Å². The summed E-state index contributed by atoms with van der Waals surface area (Å²) in [5, 5.41) is 13.5. The fourth-order valence-corrected chi connectivity index (χ4v) is 2.15. The zero-order chi connectivity index (χ0) is 10.3. The van der Waals surface area contributed by atoms with E-state index in [1.807, 2.05) is 10.9 Å². The number of nitrogens with zero attached hydrogens (tertiary/aromatic N) is 3. The van der Waals surface area contributed by atoms with Crippen molar-refractivity contribution in [2.75, 3.05) is 0 Å². The Bertz CT molecular complexity index is 396. The van der Waals surface area contributed by atoms with Gasteiger partial charge in [0.1, 0.15) is 5.41 Å². The van der Waals surface area contributed by atoms with Gasteiger partial charge in [0.2, 0.25) is 0 Å². The quantitative estimate of drug-likeness (QED) is 0.814. The zero-order valence-corrected chi connectivity index (χ0v) is 9.87. The predicted octanol–water partition coefficient (Wildman–Crippen LogP) is 2.78. The van der Waals surface area contributed by atoms with Crippen molar-refractivity contribution >= 4 is 15.9 Å². The van der Waals surface area contributed by atoms with E-state index in [0.29, 0.717) is 6.04 Å². The molecule has 1 fully saturated rings. The van der Waals surface area contributed by atoms with E-state index in [4.69, 9.17) is 5.26 Å². The van der Waals surface area contributed by atoms with Crippen LogP contribution in [0.5, 0.6) is 0 Å². The van der Waals surface area contributed by atoms with Gasteiger partial charge in [-0.1, -0.05) is 0 Å². The Hall–Kier alpha value is -0.820. The van der Waals surface area contributed by atoms with Crippen LogP contribution in [0.15, 0.2) is 10.7 Å². The number of hydrogen-bond donors (Lipinski definition) is 0. The summed E-state index contributed by atoms with van der Waals surface area (Å²) >= 11 is 3.47.